The van der Waals surface area contributed by atoms with Gasteiger partial charge in [-0.1, -0.05) is 27.5 Å². The fourth-order valence-electron chi connectivity index (χ4n) is 0.834. The zero-order chi connectivity index (χ0) is 10.1. The van der Waals surface area contributed by atoms with Gasteiger partial charge >= 0.3 is 6.18 Å². The lowest BCUT2D eigenvalue weighted by Gasteiger charge is -2.10. The molecule has 1 nitrogen and oxygen atoms in total. The molecule has 0 aliphatic carbocycles. The summed E-state index contributed by atoms with van der Waals surface area (Å²) in [6.45, 7) is 0. The van der Waals surface area contributed by atoms with Crippen molar-refractivity contribution in [3.05, 3.63) is 28.5 Å². The third-order valence-corrected chi connectivity index (χ3v) is 2.22. The number of alkyl halides is 4. The largest absolute Gasteiger partial charge is 0.418 e. The summed E-state index contributed by atoms with van der Waals surface area (Å²) in [5, 5.41) is 0.159. The third kappa shape index (κ3) is 2.57. The summed E-state index contributed by atoms with van der Waals surface area (Å²) in [6, 6.07) is 1.19. The molecule has 0 aromatic carbocycles. The van der Waals surface area contributed by atoms with Gasteiger partial charge in [-0.3, -0.25) is 0 Å². The Hall–Kier alpha value is -0.290. The standard InChI is InChI=1S/C7H4BrClF3N/c8-2-4-1-6(9)13-3-5(4)7(10,11)12/h1,3H,2H2. The van der Waals surface area contributed by atoms with Crippen LogP contribution in [-0.2, 0) is 11.5 Å². The van der Waals surface area contributed by atoms with Gasteiger partial charge in [0.2, 0.25) is 0 Å². The number of halogens is 5. The molecular formula is C7H4BrClF3N. The van der Waals surface area contributed by atoms with Crippen molar-refractivity contribution in [2.45, 2.75) is 11.5 Å². The van der Waals surface area contributed by atoms with E-state index in [0.29, 0.717) is 0 Å². The Kier molecular flexibility index (Phi) is 3.18. The summed E-state index contributed by atoms with van der Waals surface area (Å²) >= 11 is 8.39. The van der Waals surface area contributed by atoms with E-state index in [4.69, 9.17) is 11.6 Å². The molecule has 0 aliphatic rings. The molecule has 0 aliphatic heterocycles. The van der Waals surface area contributed by atoms with Crippen molar-refractivity contribution in [3.8, 4) is 0 Å². The first-order chi connectivity index (χ1) is 5.95. The van der Waals surface area contributed by atoms with E-state index < -0.39 is 11.7 Å². The summed E-state index contributed by atoms with van der Waals surface area (Å²) in [7, 11) is 0. The molecule has 0 unspecified atom stereocenters. The van der Waals surface area contributed by atoms with Crippen LogP contribution >= 0.6 is 27.5 Å². The first-order valence-corrected chi connectivity index (χ1v) is 4.72. The van der Waals surface area contributed by atoms with Crippen LogP contribution in [0.3, 0.4) is 0 Å². The zero-order valence-electron chi connectivity index (χ0n) is 6.20. The maximum Gasteiger partial charge on any atom is 0.418 e. The summed E-state index contributed by atoms with van der Waals surface area (Å²) in [6.07, 6.45) is -3.64. The molecule has 1 aromatic heterocycles. The van der Waals surface area contributed by atoms with Gasteiger partial charge in [-0.05, 0) is 11.6 Å². The van der Waals surface area contributed by atoms with Crippen LogP contribution in [0.1, 0.15) is 11.1 Å². The first kappa shape index (κ1) is 10.8. The quantitative estimate of drug-likeness (QED) is 0.563. The van der Waals surface area contributed by atoms with Crippen LogP contribution < -0.4 is 0 Å². The summed E-state index contributed by atoms with van der Waals surface area (Å²) < 4.78 is 36.8. The highest BCUT2D eigenvalue weighted by Crippen LogP contribution is 2.33. The molecule has 72 valence electrons. The maximum atomic E-state index is 12.3. The van der Waals surface area contributed by atoms with Gasteiger partial charge in [-0.2, -0.15) is 13.2 Å². The summed E-state index contributed by atoms with van der Waals surface area (Å²) in [5.41, 5.74) is -0.665. The van der Waals surface area contributed by atoms with Crippen LogP contribution in [0, 0.1) is 0 Å². The lowest BCUT2D eigenvalue weighted by atomic mass is 10.1. The smallest absolute Gasteiger partial charge is 0.244 e. The van der Waals surface area contributed by atoms with Crippen LogP contribution in [-0.4, -0.2) is 4.98 Å². The summed E-state index contributed by atoms with van der Waals surface area (Å²) in [5.74, 6) is 0. The minimum atomic E-state index is -4.37. The number of nitrogens with zero attached hydrogens (tertiary/aromatic N) is 1. The average molecular weight is 274 g/mol. The predicted octanol–water partition coefficient (Wildman–Crippen LogP) is 3.65. The van der Waals surface area contributed by atoms with E-state index in [1.165, 1.54) is 6.07 Å². The van der Waals surface area contributed by atoms with Crippen LogP contribution in [0.5, 0.6) is 0 Å². The number of aromatic nitrogens is 1. The lowest BCUT2D eigenvalue weighted by molar-refractivity contribution is -0.138. The number of pyridine rings is 1. The maximum absolute atomic E-state index is 12.3. The van der Waals surface area contributed by atoms with Gasteiger partial charge in [-0.25, -0.2) is 4.98 Å². The van der Waals surface area contributed by atoms with Crippen molar-refractivity contribution >= 4 is 27.5 Å². The Morgan fingerprint density at radius 1 is 1.46 bits per heavy atom. The molecule has 1 heterocycles. The van der Waals surface area contributed by atoms with Gasteiger partial charge in [0.05, 0.1) is 5.56 Å². The topological polar surface area (TPSA) is 12.9 Å². The molecule has 0 atom stereocenters. The van der Waals surface area contributed by atoms with Crippen molar-refractivity contribution in [1.29, 1.82) is 0 Å². The SMILES string of the molecule is FC(F)(F)c1cnc(Cl)cc1CBr. The number of hydrogen-bond acceptors (Lipinski definition) is 1. The number of hydrogen-bond donors (Lipinski definition) is 0. The van der Waals surface area contributed by atoms with Gasteiger partial charge in [0.15, 0.2) is 0 Å². The van der Waals surface area contributed by atoms with Gasteiger partial charge in [0, 0.05) is 11.5 Å². The van der Waals surface area contributed by atoms with Gasteiger partial charge in [0.1, 0.15) is 5.15 Å². The molecule has 0 saturated heterocycles. The zero-order valence-corrected chi connectivity index (χ0v) is 8.54. The Bertz CT molecular complexity index is 313. The van der Waals surface area contributed by atoms with Crippen molar-refractivity contribution in [2.75, 3.05) is 0 Å². The Morgan fingerprint density at radius 2 is 2.08 bits per heavy atom. The Balaban J connectivity index is 3.22. The monoisotopic (exact) mass is 273 g/mol. The molecule has 0 saturated carbocycles. The molecule has 6 heteroatoms. The van der Waals surface area contributed by atoms with E-state index in [1.54, 1.807) is 0 Å². The fourth-order valence-corrected chi connectivity index (χ4v) is 1.48. The fraction of sp³-hybridized carbons (Fsp3) is 0.286. The predicted molar refractivity (Wildman–Crippen MR) is 46.9 cm³/mol. The highest BCUT2D eigenvalue weighted by Gasteiger charge is 2.33. The Labute approximate surface area is 86.0 Å². The van der Waals surface area contributed by atoms with E-state index in [9.17, 15) is 13.2 Å². The van der Waals surface area contributed by atoms with Crippen molar-refractivity contribution in [2.24, 2.45) is 0 Å². The minimum Gasteiger partial charge on any atom is -0.244 e. The third-order valence-electron chi connectivity index (χ3n) is 1.41. The van der Waals surface area contributed by atoms with E-state index in [0.717, 1.165) is 6.20 Å². The van der Waals surface area contributed by atoms with E-state index in [1.807, 2.05) is 0 Å². The second-order valence-corrected chi connectivity index (χ2v) is 3.24. The summed E-state index contributed by atoms with van der Waals surface area (Å²) in [4.78, 5) is 3.38. The second kappa shape index (κ2) is 3.84. The van der Waals surface area contributed by atoms with E-state index >= 15 is 0 Å². The molecule has 0 fully saturated rings. The highest BCUT2D eigenvalue weighted by atomic mass is 79.9. The van der Waals surface area contributed by atoms with Crippen molar-refractivity contribution in [3.63, 3.8) is 0 Å². The number of rotatable bonds is 1. The van der Waals surface area contributed by atoms with Crippen molar-refractivity contribution in [1.82, 2.24) is 4.98 Å². The molecule has 0 spiro atoms. The molecule has 1 rings (SSSR count). The van der Waals surface area contributed by atoms with Gasteiger partial charge in [0.25, 0.3) is 0 Å². The molecule has 0 bridgehead atoms. The molecule has 1 aromatic rings. The molecule has 0 amide bonds. The van der Waals surface area contributed by atoms with Gasteiger partial charge in [-0.15, -0.1) is 0 Å². The molecule has 0 N–H and O–H groups in total. The molecule has 0 radical (unpaired) electrons. The van der Waals surface area contributed by atoms with Crippen molar-refractivity contribution < 1.29 is 13.2 Å². The lowest BCUT2D eigenvalue weighted by Crippen LogP contribution is -2.08. The normalized spacial score (nSPS) is 11.8. The van der Waals surface area contributed by atoms with E-state index in [2.05, 4.69) is 20.9 Å². The Morgan fingerprint density at radius 3 is 2.54 bits per heavy atom. The first-order valence-electron chi connectivity index (χ1n) is 3.22. The van der Waals surface area contributed by atoms with E-state index in [-0.39, 0.29) is 16.0 Å². The average Bonchev–Trinajstić information content (AvgIpc) is 2.01. The van der Waals surface area contributed by atoms with Gasteiger partial charge < -0.3 is 0 Å². The van der Waals surface area contributed by atoms with Crippen LogP contribution in [0.15, 0.2) is 12.3 Å². The molecule has 13 heavy (non-hydrogen) atoms. The molecular weight excluding hydrogens is 270 g/mol. The highest BCUT2D eigenvalue weighted by molar-refractivity contribution is 9.08. The second-order valence-electron chi connectivity index (χ2n) is 2.30. The van der Waals surface area contributed by atoms with Crippen LogP contribution in [0.2, 0.25) is 5.15 Å². The van der Waals surface area contributed by atoms with Crippen LogP contribution in [0.4, 0.5) is 13.2 Å². The van der Waals surface area contributed by atoms with Crippen LogP contribution in [0.25, 0.3) is 0 Å². The minimum absolute atomic E-state index is 0.0578.